The first-order chi connectivity index (χ1) is 8.19. The van der Waals surface area contributed by atoms with Crippen molar-refractivity contribution in [2.45, 2.75) is 31.9 Å². The molecular formula is C14H22N2O. The molecule has 0 spiro atoms. The van der Waals surface area contributed by atoms with Crippen molar-refractivity contribution >= 4 is 11.4 Å². The summed E-state index contributed by atoms with van der Waals surface area (Å²) in [6.45, 7) is 2.88. The molecule has 0 aromatic heterocycles. The van der Waals surface area contributed by atoms with Gasteiger partial charge in [0.15, 0.2) is 0 Å². The molecule has 1 aromatic carbocycles. The minimum absolute atomic E-state index is 0.471. The second-order valence-corrected chi connectivity index (χ2v) is 4.83. The van der Waals surface area contributed by atoms with Crippen LogP contribution < -0.4 is 10.2 Å². The van der Waals surface area contributed by atoms with E-state index in [-0.39, 0.29) is 0 Å². The van der Waals surface area contributed by atoms with Gasteiger partial charge in [0.25, 0.3) is 0 Å². The molecule has 0 heterocycles. The summed E-state index contributed by atoms with van der Waals surface area (Å²) in [5.41, 5.74) is 2.44. The van der Waals surface area contributed by atoms with Gasteiger partial charge in [0, 0.05) is 38.1 Å². The van der Waals surface area contributed by atoms with E-state index in [1.807, 2.05) is 0 Å². The molecule has 0 saturated heterocycles. The van der Waals surface area contributed by atoms with Crippen molar-refractivity contribution in [3.05, 3.63) is 24.3 Å². The molecule has 1 saturated carbocycles. The van der Waals surface area contributed by atoms with Gasteiger partial charge in [0.1, 0.15) is 0 Å². The number of ether oxygens (including phenoxy) is 1. The molecular weight excluding hydrogens is 212 g/mol. The highest BCUT2D eigenvalue weighted by atomic mass is 16.5. The second kappa shape index (κ2) is 5.41. The number of hydrogen-bond donors (Lipinski definition) is 1. The smallest absolute Gasteiger partial charge is 0.0614 e. The molecule has 0 unspecified atom stereocenters. The van der Waals surface area contributed by atoms with Gasteiger partial charge in [-0.3, -0.25) is 0 Å². The SMILES string of the molecule is CCOC1CC(Nc2ccc(N(C)C)cc2)C1. The maximum absolute atomic E-state index is 5.55. The van der Waals surface area contributed by atoms with E-state index in [4.69, 9.17) is 4.74 Å². The Balaban J connectivity index is 1.80. The number of benzene rings is 1. The Labute approximate surface area is 104 Å². The minimum atomic E-state index is 0.471. The first-order valence-electron chi connectivity index (χ1n) is 6.34. The van der Waals surface area contributed by atoms with Crippen LogP contribution in [0.15, 0.2) is 24.3 Å². The fourth-order valence-corrected chi connectivity index (χ4v) is 2.15. The summed E-state index contributed by atoms with van der Waals surface area (Å²) in [6, 6.07) is 9.14. The van der Waals surface area contributed by atoms with Crippen LogP contribution in [0.2, 0.25) is 0 Å². The summed E-state index contributed by atoms with van der Waals surface area (Å²) >= 11 is 0. The van der Waals surface area contributed by atoms with Crippen molar-refractivity contribution in [2.24, 2.45) is 0 Å². The third-order valence-corrected chi connectivity index (χ3v) is 3.25. The Bertz CT molecular complexity index is 342. The molecule has 0 bridgehead atoms. The van der Waals surface area contributed by atoms with Gasteiger partial charge >= 0.3 is 0 Å². The van der Waals surface area contributed by atoms with Gasteiger partial charge in [-0.15, -0.1) is 0 Å². The lowest BCUT2D eigenvalue weighted by Crippen LogP contribution is -2.40. The van der Waals surface area contributed by atoms with Crippen LogP contribution >= 0.6 is 0 Å². The molecule has 2 rings (SSSR count). The van der Waals surface area contributed by atoms with Crippen molar-refractivity contribution in [3.8, 4) is 0 Å². The highest BCUT2D eigenvalue weighted by Gasteiger charge is 2.29. The zero-order chi connectivity index (χ0) is 12.3. The van der Waals surface area contributed by atoms with Crippen LogP contribution in [0.4, 0.5) is 11.4 Å². The van der Waals surface area contributed by atoms with Crippen LogP contribution in [0, 0.1) is 0 Å². The zero-order valence-corrected chi connectivity index (χ0v) is 10.9. The monoisotopic (exact) mass is 234 g/mol. The number of anilines is 2. The fourth-order valence-electron chi connectivity index (χ4n) is 2.15. The topological polar surface area (TPSA) is 24.5 Å². The quantitative estimate of drug-likeness (QED) is 0.848. The maximum Gasteiger partial charge on any atom is 0.0614 e. The predicted molar refractivity (Wildman–Crippen MR) is 72.8 cm³/mol. The number of nitrogens with one attached hydrogen (secondary N) is 1. The molecule has 0 radical (unpaired) electrons. The van der Waals surface area contributed by atoms with E-state index in [1.54, 1.807) is 0 Å². The fraction of sp³-hybridized carbons (Fsp3) is 0.571. The molecule has 3 heteroatoms. The van der Waals surface area contributed by atoms with Crippen molar-refractivity contribution in [1.29, 1.82) is 0 Å². The molecule has 1 fully saturated rings. The lowest BCUT2D eigenvalue weighted by atomic mass is 9.89. The van der Waals surface area contributed by atoms with Gasteiger partial charge in [0.05, 0.1) is 6.10 Å². The minimum Gasteiger partial charge on any atom is -0.382 e. The molecule has 1 aliphatic rings. The average Bonchev–Trinajstić information content (AvgIpc) is 2.27. The Morgan fingerprint density at radius 2 is 1.88 bits per heavy atom. The van der Waals surface area contributed by atoms with Crippen LogP contribution in [0.5, 0.6) is 0 Å². The van der Waals surface area contributed by atoms with Crippen LogP contribution in [-0.4, -0.2) is 32.8 Å². The summed E-state index contributed by atoms with van der Waals surface area (Å²) in [5, 5.41) is 3.53. The number of nitrogens with zero attached hydrogens (tertiary/aromatic N) is 1. The Morgan fingerprint density at radius 3 is 2.41 bits per heavy atom. The predicted octanol–water partition coefficient (Wildman–Crippen LogP) is 2.73. The molecule has 94 valence electrons. The molecule has 1 N–H and O–H groups in total. The molecule has 0 amide bonds. The summed E-state index contributed by atoms with van der Waals surface area (Å²) in [5.74, 6) is 0. The van der Waals surface area contributed by atoms with Crippen LogP contribution in [0.3, 0.4) is 0 Å². The molecule has 17 heavy (non-hydrogen) atoms. The molecule has 0 atom stereocenters. The molecule has 1 aromatic rings. The normalized spacial score (nSPS) is 23.0. The largest absolute Gasteiger partial charge is 0.382 e. The zero-order valence-electron chi connectivity index (χ0n) is 10.9. The van der Waals surface area contributed by atoms with Gasteiger partial charge in [0.2, 0.25) is 0 Å². The van der Waals surface area contributed by atoms with Crippen LogP contribution in [0.1, 0.15) is 19.8 Å². The van der Waals surface area contributed by atoms with Gasteiger partial charge in [-0.05, 0) is 44.0 Å². The van der Waals surface area contributed by atoms with Crippen molar-refractivity contribution in [1.82, 2.24) is 0 Å². The van der Waals surface area contributed by atoms with Gasteiger partial charge in [-0.1, -0.05) is 0 Å². The summed E-state index contributed by atoms with van der Waals surface area (Å²) in [6.07, 6.45) is 2.73. The van der Waals surface area contributed by atoms with Crippen molar-refractivity contribution in [2.75, 3.05) is 30.9 Å². The highest BCUT2D eigenvalue weighted by Crippen LogP contribution is 2.27. The summed E-state index contributed by atoms with van der Waals surface area (Å²) in [7, 11) is 4.11. The number of hydrogen-bond acceptors (Lipinski definition) is 3. The van der Waals surface area contributed by atoms with Crippen LogP contribution in [-0.2, 0) is 4.74 Å². The van der Waals surface area contributed by atoms with Gasteiger partial charge in [-0.25, -0.2) is 0 Å². The lowest BCUT2D eigenvalue weighted by molar-refractivity contribution is 0.00299. The molecule has 1 aliphatic carbocycles. The summed E-state index contributed by atoms with van der Waals surface area (Å²) in [4.78, 5) is 2.11. The van der Waals surface area contributed by atoms with E-state index in [2.05, 4.69) is 55.5 Å². The average molecular weight is 234 g/mol. The Morgan fingerprint density at radius 1 is 1.24 bits per heavy atom. The third kappa shape index (κ3) is 3.13. The van der Waals surface area contributed by atoms with E-state index < -0.39 is 0 Å². The molecule has 3 nitrogen and oxygen atoms in total. The standard InChI is InChI=1S/C14H22N2O/c1-4-17-14-9-12(10-14)15-11-5-7-13(8-6-11)16(2)3/h5-8,12,14-15H,4,9-10H2,1-3H3. The maximum atomic E-state index is 5.55. The lowest BCUT2D eigenvalue weighted by Gasteiger charge is -2.36. The highest BCUT2D eigenvalue weighted by molar-refractivity contribution is 5.54. The van der Waals surface area contributed by atoms with Crippen molar-refractivity contribution < 1.29 is 4.74 Å². The van der Waals surface area contributed by atoms with E-state index in [0.717, 1.165) is 19.4 Å². The Hall–Kier alpha value is -1.22. The van der Waals surface area contributed by atoms with E-state index in [1.165, 1.54) is 11.4 Å². The number of rotatable bonds is 5. The second-order valence-electron chi connectivity index (χ2n) is 4.83. The van der Waals surface area contributed by atoms with E-state index in [0.29, 0.717) is 12.1 Å². The summed E-state index contributed by atoms with van der Waals surface area (Å²) < 4.78 is 5.55. The first-order valence-corrected chi connectivity index (χ1v) is 6.34. The Kier molecular flexibility index (Phi) is 3.89. The van der Waals surface area contributed by atoms with E-state index >= 15 is 0 Å². The third-order valence-electron chi connectivity index (χ3n) is 3.25. The van der Waals surface area contributed by atoms with Gasteiger partial charge in [-0.2, -0.15) is 0 Å². The molecule has 0 aliphatic heterocycles. The van der Waals surface area contributed by atoms with Gasteiger partial charge < -0.3 is 15.0 Å². The first kappa shape index (κ1) is 12.2. The van der Waals surface area contributed by atoms with Crippen LogP contribution in [0.25, 0.3) is 0 Å². The van der Waals surface area contributed by atoms with Crippen molar-refractivity contribution in [3.63, 3.8) is 0 Å². The van der Waals surface area contributed by atoms with E-state index in [9.17, 15) is 0 Å².